The van der Waals surface area contributed by atoms with Crippen molar-refractivity contribution in [1.29, 1.82) is 0 Å². The van der Waals surface area contributed by atoms with Crippen molar-refractivity contribution in [3.05, 3.63) is 39.3 Å². The standard InChI is InChI=1S/C12H11BrClN3/c1-7-9(13)3-2-4-10(7)17-11(8-5-6-8)15-16-12(17)14/h2-4,8H,5-6H2,1H3. The molecule has 0 saturated heterocycles. The molecule has 1 aliphatic carbocycles. The second-order valence-electron chi connectivity index (χ2n) is 4.32. The Kier molecular flexibility index (Phi) is 2.71. The molecule has 1 aliphatic rings. The summed E-state index contributed by atoms with van der Waals surface area (Å²) in [6.45, 7) is 2.06. The monoisotopic (exact) mass is 311 g/mol. The van der Waals surface area contributed by atoms with Gasteiger partial charge in [-0.25, -0.2) is 0 Å². The Morgan fingerprint density at radius 3 is 2.82 bits per heavy atom. The summed E-state index contributed by atoms with van der Waals surface area (Å²) >= 11 is 9.69. The van der Waals surface area contributed by atoms with Crippen LogP contribution < -0.4 is 0 Å². The first kappa shape index (κ1) is 11.2. The van der Waals surface area contributed by atoms with Crippen LogP contribution in [0.4, 0.5) is 0 Å². The highest BCUT2D eigenvalue weighted by Gasteiger charge is 2.31. The van der Waals surface area contributed by atoms with Gasteiger partial charge in [0, 0.05) is 10.4 Å². The molecule has 3 rings (SSSR count). The van der Waals surface area contributed by atoms with Gasteiger partial charge in [0.1, 0.15) is 5.82 Å². The van der Waals surface area contributed by atoms with E-state index in [9.17, 15) is 0 Å². The highest BCUT2D eigenvalue weighted by molar-refractivity contribution is 9.10. The summed E-state index contributed by atoms with van der Waals surface area (Å²) in [6.07, 6.45) is 2.37. The van der Waals surface area contributed by atoms with Crippen LogP contribution in [0.1, 0.15) is 30.1 Å². The quantitative estimate of drug-likeness (QED) is 0.843. The highest BCUT2D eigenvalue weighted by Crippen LogP contribution is 2.41. The lowest BCUT2D eigenvalue weighted by Crippen LogP contribution is -2.02. The molecule has 0 radical (unpaired) electrons. The van der Waals surface area contributed by atoms with Gasteiger partial charge in [-0.3, -0.25) is 4.57 Å². The Balaban J connectivity index is 2.20. The van der Waals surface area contributed by atoms with Crippen LogP contribution in [0.2, 0.25) is 5.28 Å². The SMILES string of the molecule is Cc1c(Br)cccc1-n1c(Cl)nnc1C1CC1. The van der Waals surface area contributed by atoms with E-state index in [2.05, 4.69) is 33.1 Å². The molecular weight excluding hydrogens is 302 g/mol. The third-order valence-electron chi connectivity index (χ3n) is 3.07. The molecule has 88 valence electrons. The lowest BCUT2D eigenvalue weighted by molar-refractivity contribution is 0.867. The summed E-state index contributed by atoms with van der Waals surface area (Å²) in [5, 5.41) is 8.62. The van der Waals surface area contributed by atoms with Crippen LogP contribution in [0, 0.1) is 6.92 Å². The minimum Gasteiger partial charge on any atom is -0.269 e. The van der Waals surface area contributed by atoms with Gasteiger partial charge in [0.15, 0.2) is 0 Å². The number of halogens is 2. The molecule has 0 bridgehead atoms. The van der Waals surface area contributed by atoms with Gasteiger partial charge < -0.3 is 0 Å². The van der Waals surface area contributed by atoms with Crippen LogP contribution in [-0.4, -0.2) is 14.8 Å². The van der Waals surface area contributed by atoms with Crippen LogP contribution >= 0.6 is 27.5 Å². The summed E-state index contributed by atoms with van der Waals surface area (Å²) in [7, 11) is 0. The zero-order chi connectivity index (χ0) is 12.0. The molecule has 3 nitrogen and oxygen atoms in total. The van der Waals surface area contributed by atoms with Gasteiger partial charge >= 0.3 is 0 Å². The van der Waals surface area contributed by atoms with E-state index in [4.69, 9.17) is 11.6 Å². The van der Waals surface area contributed by atoms with Crippen molar-refractivity contribution >= 4 is 27.5 Å². The zero-order valence-corrected chi connectivity index (χ0v) is 11.7. The Labute approximate surface area is 113 Å². The molecule has 0 unspecified atom stereocenters. The Morgan fingerprint density at radius 2 is 2.12 bits per heavy atom. The number of benzene rings is 1. The van der Waals surface area contributed by atoms with E-state index >= 15 is 0 Å². The number of rotatable bonds is 2. The summed E-state index contributed by atoms with van der Waals surface area (Å²) < 4.78 is 3.03. The largest absolute Gasteiger partial charge is 0.269 e. The van der Waals surface area contributed by atoms with E-state index in [1.54, 1.807) is 0 Å². The minimum atomic E-state index is 0.438. The molecule has 1 fully saturated rings. The average molecular weight is 313 g/mol. The average Bonchev–Trinajstić information content (AvgIpc) is 3.08. The van der Waals surface area contributed by atoms with Crippen molar-refractivity contribution < 1.29 is 0 Å². The van der Waals surface area contributed by atoms with Crippen molar-refractivity contribution in [1.82, 2.24) is 14.8 Å². The van der Waals surface area contributed by atoms with Crippen LogP contribution in [0.15, 0.2) is 22.7 Å². The molecule has 5 heteroatoms. The van der Waals surface area contributed by atoms with Gasteiger partial charge in [0.2, 0.25) is 5.28 Å². The van der Waals surface area contributed by atoms with Crippen LogP contribution in [0.5, 0.6) is 0 Å². The normalized spacial score (nSPS) is 15.2. The first-order valence-corrected chi connectivity index (χ1v) is 6.72. The van der Waals surface area contributed by atoms with E-state index < -0.39 is 0 Å². The van der Waals surface area contributed by atoms with E-state index in [0.29, 0.717) is 11.2 Å². The summed E-state index contributed by atoms with van der Waals surface area (Å²) in [6, 6.07) is 6.06. The molecule has 1 saturated carbocycles. The highest BCUT2D eigenvalue weighted by atomic mass is 79.9. The van der Waals surface area contributed by atoms with E-state index in [0.717, 1.165) is 21.5 Å². The van der Waals surface area contributed by atoms with Crippen LogP contribution in [-0.2, 0) is 0 Å². The van der Waals surface area contributed by atoms with Crippen molar-refractivity contribution in [2.75, 3.05) is 0 Å². The number of hydrogen-bond acceptors (Lipinski definition) is 2. The lowest BCUT2D eigenvalue weighted by Gasteiger charge is -2.11. The lowest BCUT2D eigenvalue weighted by atomic mass is 10.2. The fraction of sp³-hybridized carbons (Fsp3) is 0.333. The maximum absolute atomic E-state index is 6.15. The predicted octanol–water partition coefficient (Wildman–Crippen LogP) is 3.87. The van der Waals surface area contributed by atoms with E-state index in [1.165, 1.54) is 12.8 Å². The van der Waals surface area contributed by atoms with Crippen molar-refractivity contribution in [3.63, 3.8) is 0 Å². The van der Waals surface area contributed by atoms with Crippen molar-refractivity contribution in [2.24, 2.45) is 0 Å². The molecule has 17 heavy (non-hydrogen) atoms. The molecule has 1 heterocycles. The zero-order valence-electron chi connectivity index (χ0n) is 9.32. The van der Waals surface area contributed by atoms with E-state index in [-0.39, 0.29) is 0 Å². The van der Waals surface area contributed by atoms with Gasteiger partial charge in [0.05, 0.1) is 5.69 Å². The van der Waals surface area contributed by atoms with Gasteiger partial charge in [-0.05, 0) is 49.1 Å². The first-order valence-electron chi connectivity index (χ1n) is 5.55. The fourth-order valence-corrected chi connectivity index (χ4v) is 2.51. The second kappa shape index (κ2) is 4.10. The van der Waals surface area contributed by atoms with Crippen molar-refractivity contribution in [3.8, 4) is 5.69 Å². The molecule has 0 atom stereocenters. The van der Waals surface area contributed by atoms with Gasteiger partial charge in [-0.1, -0.05) is 22.0 Å². The third kappa shape index (κ3) is 1.89. The van der Waals surface area contributed by atoms with Crippen LogP contribution in [0.25, 0.3) is 5.69 Å². The molecule has 1 aromatic heterocycles. The summed E-state index contributed by atoms with van der Waals surface area (Å²) in [4.78, 5) is 0. The van der Waals surface area contributed by atoms with E-state index in [1.807, 2.05) is 22.8 Å². The first-order chi connectivity index (χ1) is 8.18. The predicted molar refractivity (Wildman–Crippen MR) is 70.8 cm³/mol. The summed E-state index contributed by atoms with van der Waals surface area (Å²) in [5.41, 5.74) is 2.20. The number of hydrogen-bond donors (Lipinski definition) is 0. The molecule has 0 N–H and O–H groups in total. The maximum Gasteiger partial charge on any atom is 0.229 e. The fourth-order valence-electron chi connectivity index (χ4n) is 1.94. The number of nitrogens with zero attached hydrogens (tertiary/aromatic N) is 3. The molecule has 0 aliphatic heterocycles. The molecule has 0 amide bonds. The smallest absolute Gasteiger partial charge is 0.229 e. The summed E-state index contributed by atoms with van der Waals surface area (Å²) in [5.74, 6) is 1.50. The Bertz CT molecular complexity index is 575. The number of aromatic nitrogens is 3. The second-order valence-corrected chi connectivity index (χ2v) is 5.51. The third-order valence-corrected chi connectivity index (χ3v) is 4.17. The van der Waals surface area contributed by atoms with Gasteiger partial charge in [-0.15, -0.1) is 10.2 Å². The molecule has 2 aromatic rings. The molecule has 1 aromatic carbocycles. The molecular formula is C12H11BrClN3. The molecule has 0 spiro atoms. The van der Waals surface area contributed by atoms with Crippen LogP contribution in [0.3, 0.4) is 0 Å². The minimum absolute atomic E-state index is 0.438. The van der Waals surface area contributed by atoms with Gasteiger partial charge in [0.25, 0.3) is 0 Å². The van der Waals surface area contributed by atoms with Crippen molar-refractivity contribution in [2.45, 2.75) is 25.7 Å². The maximum atomic E-state index is 6.15. The topological polar surface area (TPSA) is 30.7 Å². The van der Waals surface area contributed by atoms with Gasteiger partial charge in [-0.2, -0.15) is 0 Å². The Morgan fingerprint density at radius 1 is 1.35 bits per heavy atom. The Hall–Kier alpha value is -0.870.